The maximum atomic E-state index is 12.2. The van der Waals surface area contributed by atoms with Crippen LogP contribution < -0.4 is 0 Å². The Kier molecular flexibility index (Phi) is 11.7. The summed E-state index contributed by atoms with van der Waals surface area (Å²) in [4.78, 5) is 23.3. The number of hydrogen-bond acceptors (Lipinski definition) is 4. The van der Waals surface area contributed by atoms with Gasteiger partial charge in [-0.1, -0.05) is 55.0 Å². The van der Waals surface area contributed by atoms with E-state index in [9.17, 15) is 14.7 Å². The monoisotopic (exact) mass is 394 g/mol. The van der Waals surface area contributed by atoms with Gasteiger partial charge in [-0.25, -0.2) is 0 Å². The summed E-state index contributed by atoms with van der Waals surface area (Å²) in [5.74, 6) is -0.307. The Morgan fingerprint density at radius 2 is 2.00 bits per heavy atom. The van der Waals surface area contributed by atoms with Crippen molar-refractivity contribution in [3.05, 3.63) is 47.1 Å². The van der Waals surface area contributed by atoms with Crippen molar-refractivity contribution in [1.82, 2.24) is 0 Å². The first-order valence-corrected chi connectivity index (χ1v) is 10.0. The molecule has 0 unspecified atom stereocenters. The SMILES string of the molecule is CC/C=C\C[C@H](O)C/C=C1/C(=O)C(Cl)=C[C@@H]1CC/C=C\CCCC(=O)OC. The number of rotatable bonds is 12. The lowest BCUT2D eigenvalue weighted by Gasteiger charge is -2.10. The average Bonchev–Trinajstić information content (AvgIpc) is 2.92. The van der Waals surface area contributed by atoms with Gasteiger partial charge in [0.2, 0.25) is 0 Å². The van der Waals surface area contributed by atoms with Crippen LogP contribution in [0.1, 0.15) is 58.3 Å². The largest absolute Gasteiger partial charge is 0.469 e. The molecule has 1 aliphatic carbocycles. The molecule has 0 spiro atoms. The summed E-state index contributed by atoms with van der Waals surface area (Å²) in [6, 6.07) is 0. The van der Waals surface area contributed by atoms with Crippen LogP contribution in [-0.4, -0.2) is 30.1 Å². The molecule has 0 saturated heterocycles. The van der Waals surface area contributed by atoms with E-state index in [-0.39, 0.29) is 22.7 Å². The molecule has 0 aromatic heterocycles. The molecule has 0 fully saturated rings. The number of esters is 1. The van der Waals surface area contributed by atoms with Crippen LogP contribution in [0.15, 0.2) is 47.1 Å². The molecule has 150 valence electrons. The molecule has 0 bridgehead atoms. The van der Waals surface area contributed by atoms with Crippen LogP contribution in [0.5, 0.6) is 0 Å². The number of allylic oxidation sites excluding steroid dienone is 6. The highest BCUT2D eigenvalue weighted by atomic mass is 35.5. The molecule has 0 radical (unpaired) electrons. The zero-order valence-electron chi connectivity index (χ0n) is 16.3. The van der Waals surface area contributed by atoms with Crippen molar-refractivity contribution in [3.8, 4) is 0 Å². The van der Waals surface area contributed by atoms with Crippen molar-refractivity contribution < 1.29 is 19.4 Å². The fraction of sp³-hybridized carbons (Fsp3) is 0.545. The minimum atomic E-state index is -0.483. The van der Waals surface area contributed by atoms with Crippen LogP contribution in [0.25, 0.3) is 0 Å². The smallest absolute Gasteiger partial charge is 0.305 e. The summed E-state index contributed by atoms with van der Waals surface area (Å²) in [7, 11) is 1.39. The number of Topliss-reactive ketones (excluding diaryl/α,β-unsaturated/α-hetero) is 1. The highest BCUT2D eigenvalue weighted by Crippen LogP contribution is 2.33. The molecule has 1 N–H and O–H groups in total. The maximum absolute atomic E-state index is 12.2. The second-order valence-electron chi connectivity index (χ2n) is 6.63. The fourth-order valence-corrected chi connectivity index (χ4v) is 3.15. The van der Waals surface area contributed by atoms with E-state index in [0.29, 0.717) is 24.8 Å². The Balaban J connectivity index is 2.45. The van der Waals surface area contributed by atoms with E-state index in [0.717, 1.165) is 32.1 Å². The third-order valence-corrected chi connectivity index (χ3v) is 4.73. The van der Waals surface area contributed by atoms with Crippen molar-refractivity contribution in [2.24, 2.45) is 5.92 Å². The highest BCUT2D eigenvalue weighted by molar-refractivity contribution is 6.46. The quantitative estimate of drug-likeness (QED) is 0.218. The number of ether oxygens (including phenoxy) is 1. The molecule has 2 atom stereocenters. The summed E-state index contributed by atoms with van der Waals surface area (Å²) < 4.78 is 4.60. The summed E-state index contributed by atoms with van der Waals surface area (Å²) >= 11 is 6.03. The molecule has 0 heterocycles. The number of aliphatic hydroxyl groups excluding tert-OH is 1. The summed E-state index contributed by atoms with van der Waals surface area (Å²) in [5, 5.41) is 10.3. The van der Waals surface area contributed by atoms with Gasteiger partial charge in [-0.3, -0.25) is 9.59 Å². The normalized spacial score (nSPS) is 20.0. The topological polar surface area (TPSA) is 63.6 Å². The van der Waals surface area contributed by atoms with Crippen molar-refractivity contribution in [2.75, 3.05) is 7.11 Å². The number of ketones is 1. The lowest BCUT2D eigenvalue weighted by molar-refractivity contribution is -0.140. The molecule has 0 amide bonds. The van der Waals surface area contributed by atoms with Crippen molar-refractivity contribution >= 4 is 23.4 Å². The second-order valence-corrected chi connectivity index (χ2v) is 7.04. The van der Waals surface area contributed by atoms with Crippen LogP contribution in [0, 0.1) is 5.92 Å². The molecule has 5 heteroatoms. The third-order valence-electron chi connectivity index (χ3n) is 4.44. The minimum absolute atomic E-state index is 0.00287. The number of methoxy groups -OCH3 is 1. The van der Waals surface area contributed by atoms with Crippen molar-refractivity contribution in [1.29, 1.82) is 0 Å². The first-order valence-electron chi connectivity index (χ1n) is 9.66. The van der Waals surface area contributed by atoms with Gasteiger partial charge in [-0.05, 0) is 44.9 Å². The number of carbonyl (C=O) groups excluding carboxylic acids is 2. The Bertz CT molecular complexity index is 601. The van der Waals surface area contributed by atoms with Gasteiger partial charge in [-0.2, -0.15) is 0 Å². The first-order chi connectivity index (χ1) is 13.0. The third kappa shape index (κ3) is 9.21. The number of aliphatic hydroxyl groups is 1. The van der Waals surface area contributed by atoms with Crippen molar-refractivity contribution in [3.63, 3.8) is 0 Å². The number of carbonyl (C=O) groups is 2. The molecule has 27 heavy (non-hydrogen) atoms. The van der Waals surface area contributed by atoms with Gasteiger partial charge in [0.15, 0.2) is 5.78 Å². The molecule has 1 rings (SSSR count). The molecule has 0 aliphatic heterocycles. The second kappa shape index (κ2) is 13.5. The molecule has 0 aromatic carbocycles. The first kappa shape index (κ1) is 23.4. The van der Waals surface area contributed by atoms with Gasteiger partial charge in [-0.15, -0.1) is 0 Å². The van der Waals surface area contributed by atoms with Crippen LogP contribution in [-0.2, 0) is 14.3 Å². The molecule has 4 nitrogen and oxygen atoms in total. The molecular weight excluding hydrogens is 364 g/mol. The van der Waals surface area contributed by atoms with Gasteiger partial charge in [0.25, 0.3) is 0 Å². The predicted octanol–water partition coefficient (Wildman–Crippen LogP) is 5.02. The van der Waals surface area contributed by atoms with Gasteiger partial charge in [0.05, 0.1) is 18.2 Å². The van der Waals surface area contributed by atoms with E-state index >= 15 is 0 Å². The van der Waals surface area contributed by atoms with Crippen LogP contribution >= 0.6 is 11.6 Å². The van der Waals surface area contributed by atoms with Gasteiger partial charge in [0, 0.05) is 17.9 Å². The van der Waals surface area contributed by atoms with Crippen LogP contribution in [0.3, 0.4) is 0 Å². The van der Waals surface area contributed by atoms with Gasteiger partial charge in [0.1, 0.15) is 0 Å². The number of unbranched alkanes of at least 4 members (excludes halogenated alkanes) is 1. The number of hydrogen-bond donors (Lipinski definition) is 1. The summed E-state index contributed by atoms with van der Waals surface area (Å²) in [5.41, 5.74) is 0.692. The molecule has 1 aliphatic rings. The van der Waals surface area contributed by atoms with E-state index in [2.05, 4.69) is 16.9 Å². The Labute approximate surface area is 167 Å². The number of halogens is 1. The Morgan fingerprint density at radius 3 is 2.70 bits per heavy atom. The summed E-state index contributed by atoms with van der Waals surface area (Å²) in [6.45, 7) is 2.05. The summed E-state index contributed by atoms with van der Waals surface area (Å²) in [6.07, 6.45) is 16.9. The lowest BCUT2D eigenvalue weighted by Crippen LogP contribution is -2.08. The zero-order chi connectivity index (χ0) is 20.1. The standard InChI is InChI=1S/C22H31ClO4/c1-3-4-8-12-18(24)14-15-19-17(16-20(23)22(19)26)11-9-6-5-7-10-13-21(25)27-2/h4-6,8,15-18,24H,3,7,9-14H2,1-2H3/b6-5-,8-4-,19-15+/t17-,18-/m0/s1. The van der Waals surface area contributed by atoms with E-state index in [1.54, 1.807) is 0 Å². The van der Waals surface area contributed by atoms with Crippen LogP contribution in [0.4, 0.5) is 0 Å². The maximum Gasteiger partial charge on any atom is 0.305 e. The molecule has 0 saturated carbocycles. The van der Waals surface area contributed by atoms with E-state index in [4.69, 9.17) is 11.6 Å². The fourth-order valence-electron chi connectivity index (χ4n) is 2.89. The van der Waals surface area contributed by atoms with E-state index < -0.39 is 6.10 Å². The Morgan fingerprint density at radius 1 is 1.26 bits per heavy atom. The van der Waals surface area contributed by atoms with Gasteiger partial charge >= 0.3 is 5.97 Å². The lowest BCUT2D eigenvalue weighted by atomic mass is 9.95. The average molecular weight is 395 g/mol. The van der Waals surface area contributed by atoms with Crippen LogP contribution in [0.2, 0.25) is 0 Å². The molecular formula is C22H31ClO4. The zero-order valence-corrected chi connectivity index (χ0v) is 17.1. The molecule has 0 aromatic rings. The van der Waals surface area contributed by atoms with E-state index in [1.165, 1.54) is 7.11 Å². The van der Waals surface area contributed by atoms with E-state index in [1.807, 2.05) is 31.2 Å². The minimum Gasteiger partial charge on any atom is -0.469 e. The Hall–Kier alpha value is -1.65. The van der Waals surface area contributed by atoms with Gasteiger partial charge < -0.3 is 9.84 Å². The van der Waals surface area contributed by atoms with Crippen molar-refractivity contribution in [2.45, 2.75) is 64.4 Å². The predicted molar refractivity (Wildman–Crippen MR) is 109 cm³/mol. The highest BCUT2D eigenvalue weighted by Gasteiger charge is 2.28.